The molecule has 0 saturated carbocycles. The Morgan fingerprint density at radius 1 is 1.20 bits per heavy atom. The molecule has 3 N–H and O–H groups in total. The van der Waals surface area contributed by atoms with E-state index >= 15 is 0 Å². The highest BCUT2D eigenvalue weighted by Crippen LogP contribution is 2.35. The van der Waals surface area contributed by atoms with Crippen LogP contribution in [0.2, 0.25) is 0 Å². The van der Waals surface area contributed by atoms with Crippen LogP contribution in [0.15, 0.2) is 24.3 Å². The summed E-state index contributed by atoms with van der Waals surface area (Å²) in [6, 6.07) is 6.33. The Morgan fingerprint density at radius 3 is 2.70 bits per heavy atom. The van der Waals surface area contributed by atoms with Crippen molar-refractivity contribution in [3.8, 4) is 0 Å². The summed E-state index contributed by atoms with van der Waals surface area (Å²) in [7, 11) is 1.65. The van der Waals surface area contributed by atoms with E-state index in [-0.39, 0.29) is 23.5 Å². The number of hydrogen-bond acceptors (Lipinski definition) is 5. The quantitative estimate of drug-likeness (QED) is 0.591. The largest absolute Gasteiger partial charge is 0.394 e. The molecular weight excluding hydrogens is 382 g/mol. The highest BCUT2D eigenvalue weighted by Gasteiger charge is 2.38. The SMILES string of the molecule is CN[C@@H](C)C(=O)N[C@@H](CO)C(=O)N1CCC[C@H]1C(=O)C[C@@H]1CCCc2ccccc21. The second kappa shape index (κ2) is 10.2. The molecule has 1 fully saturated rings. The fourth-order valence-corrected chi connectivity index (χ4v) is 4.62. The summed E-state index contributed by atoms with van der Waals surface area (Å²) in [5.41, 5.74) is 2.58. The topological polar surface area (TPSA) is 98.7 Å². The Morgan fingerprint density at radius 2 is 1.97 bits per heavy atom. The highest BCUT2D eigenvalue weighted by atomic mass is 16.3. The molecule has 1 aliphatic heterocycles. The third-order valence-corrected chi connectivity index (χ3v) is 6.47. The number of carbonyl (C=O) groups excluding carboxylic acids is 3. The fraction of sp³-hybridized carbons (Fsp3) is 0.609. The molecule has 0 bridgehead atoms. The molecule has 0 unspecified atom stereocenters. The van der Waals surface area contributed by atoms with Crippen molar-refractivity contribution in [2.75, 3.05) is 20.2 Å². The maximum Gasteiger partial charge on any atom is 0.248 e. The lowest BCUT2D eigenvalue weighted by atomic mass is 9.79. The van der Waals surface area contributed by atoms with Crippen molar-refractivity contribution in [1.29, 1.82) is 0 Å². The summed E-state index contributed by atoms with van der Waals surface area (Å²) < 4.78 is 0. The Hall–Kier alpha value is -2.25. The van der Waals surface area contributed by atoms with E-state index in [1.165, 1.54) is 11.1 Å². The number of aryl methyl sites for hydroxylation is 1. The molecule has 1 aromatic rings. The van der Waals surface area contributed by atoms with E-state index in [1.54, 1.807) is 18.9 Å². The molecule has 164 valence electrons. The van der Waals surface area contributed by atoms with Crippen LogP contribution in [-0.4, -0.2) is 65.9 Å². The Labute approximate surface area is 178 Å². The number of Topliss-reactive ketones (excluding diaryl/α,β-unsaturated/α-hetero) is 1. The van der Waals surface area contributed by atoms with Crippen LogP contribution >= 0.6 is 0 Å². The molecule has 0 aromatic heterocycles. The maximum atomic E-state index is 13.2. The van der Waals surface area contributed by atoms with Gasteiger partial charge in [0.15, 0.2) is 5.78 Å². The van der Waals surface area contributed by atoms with Crippen LogP contribution in [0.3, 0.4) is 0 Å². The van der Waals surface area contributed by atoms with Crippen molar-refractivity contribution >= 4 is 17.6 Å². The lowest BCUT2D eigenvalue weighted by Crippen LogP contribution is -2.55. The molecule has 1 saturated heterocycles. The number of aliphatic hydroxyl groups is 1. The molecule has 7 nitrogen and oxygen atoms in total. The first kappa shape index (κ1) is 22.4. The summed E-state index contributed by atoms with van der Waals surface area (Å²) in [4.78, 5) is 39.9. The predicted molar refractivity (Wildman–Crippen MR) is 114 cm³/mol. The highest BCUT2D eigenvalue weighted by molar-refractivity contribution is 5.94. The Bertz CT molecular complexity index is 781. The van der Waals surface area contributed by atoms with Gasteiger partial charge in [-0.2, -0.15) is 0 Å². The van der Waals surface area contributed by atoms with Crippen LogP contribution in [0.25, 0.3) is 0 Å². The molecule has 1 aromatic carbocycles. The third kappa shape index (κ3) is 4.90. The first-order chi connectivity index (χ1) is 14.5. The van der Waals surface area contributed by atoms with Gasteiger partial charge in [-0.05, 0) is 63.1 Å². The first-order valence-corrected chi connectivity index (χ1v) is 11.0. The zero-order valence-electron chi connectivity index (χ0n) is 17.9. The van der Waals surface area contributed by atoms with Crippen LogP contribution in [0.4, 0.5) is 0 Å². The summed E-state index contributed by atoms with van der Waals surface area (Å²) in [5, 5.41) is 15.1. The molecule has 30 heavy (non-hydrogen) atoms. The molecule has 0 spiro atoms. The number of likely N-dealkylation sites (tertiary alicyclic amines) is 1. The van der Waals surface area contributed by atoms with E-state index in [1.807, 2.05) is 12.1 Å². The fourth-order valence-electron chi connectivity index (χ4n) is 4.62. The van der Waals surface area contributed by atoms with Crippen LogP contribution in [-0.2, 0) is 20.8 Å². The average Bonchev–Trinajstić information content (AvgIpc) is 3.26. The number of amides is 2. The molecule has 1 heterocycles. The van der Waals surface area contributed by atoms with Crippen LogP contribution in [0, 0.1) is 0 Å². The van der Waals surface area contributed by atoms with Crippen LogP contribution in [0.1, 0.15) is 56.1 Å². The van der Waals surface area contributed by atoms with Crippen molar-refractivity contribution in [3.05, 3.63) is 35.4 Å². The monoisotopic (exact) mass is 415 g/mol. The number of ketones is 1. The van der Waals surface area contributed by atoms with Gasteiger partial charge in [-0.3, -0.25) is 14.4 Å². The van der Waals surface area contributed by atoms with Gasteiger partial charge in [0.25, 0.3) is 0 Å². The van der Waals surface area contributed by atoms with Crippen molar-refractivity contribution in [1.82, 2.24) is 15.5 Å². The van der Waals surface area contributed by atoms with Crippen LogP contribution in [0.5, 0.6) is 0 Å². The van der Waals surface area contributed by atoms with Gasteiger partial charge in [-0.25, -0.2) is 0 Å². The van der Waals surface area contributed by atoms with Crippen molar-refractivity contribution in [2.24, 2.45) is 0 Å². The summed E-state index contributed by atoms with van der Waals surface area (Å²) in [6.45, 7) is 1.66. The smallest absolute Gasteiger partial charge is 0.248 e. The molecule has 2 aliphatic rings. The minimum Gasteiger partial charge on any atom is -0.394 e. The van der Waals surface area contributed by atoms with E-state index in [4.69, 9.17) is 0 Å². The van der Waals surface area contributed by atoms with E-state index in [2.05, 4.69) is 22.8 Å². The van der Waals surface area contributed by atoms with Crippen LogP contribution < -0.4 is 10.6 Å². The lowest BCUT2D eigenvalue weighted by molar-refractivity contribution is -0.142. The first-order valence-electron chi connectivity index (χ1n) is 11.0. The number of benzene rings is 1. The van der Waals surface area contributed by atoms with Gasteiger partial charge < -0.3 is 20.6 Å². The number of fused-ring (bicyclic) bond motifs is 1. The molecule has 1 aliphatic carbocycles. The molecule has 0 radical (unpaired) electrons. The van der Waals surface area contributed by atoms with Gasteiger partial charge in [0.2, 0.25) is 11.8 Å². The second-order valence-electron chi connectivity index (χ2n) is 8.40. The summed E-state index contributed by atoms with van der Waals surface area (Å²) in [6.07, 6.45) is 4.93. The number of nitrogens with one attached hydrogen (secondary N) is 2. The van der Waals surface area contributed by atoms with Crippen molar-refractivity contribution < 1.29 is 19.5 Å². The zero-order valence-corrected chi connectivity index (χ0v) is 17.9. The molecule has 3 rings (SSSR count). The number of carbonyl (C=O) groups is 3. The van der Waals surface area contributed by atoms with Crippen molar-refractivity contribution in [3.63, 3.8) is 0 Å². The third-order valence-electron chi connectivity index (χ3n) is 6.47. The van der Waals surface area contributed by atoms with E-state index < -0.39 is 24.7 Å². The number of likely N-dealkylation sites (N-methyl/N-ethyl adjacent to an activating group) is 1. The average molecular weight is 416 g/mol. The maximum absolute atomic E-state index is 13.2. The molecule has 2 amide bonds. The lowest BCUT2D eigenvalue weighted by Gasteiger charge is -2.30. The normalized spacial score (nSPS) is 22.8. The van der Waals surface area contributed by atoms with Gasteiger partial charge in [0.05, 0.1) is 18.7 Å². The molecular formula is C23H33N3O4. The second-order valence-corrected chi connectivity index (χ2v) is 8.40. The Kier molecular flexibility index (Phi) is 7.61. The van der Waals surface area contributed by atoms with Gasteiger partial charge in [0, 0.05) is 13.0 Å². The zero-order chi connectivity index (χ0) is 21.7. The Balaban J connectivity index is 1.67. The summed E-state index contributed by atoms with van der Waals surface area (Å²) in [5.74, 6) is -0.459. The van der Waals surface area contributed by atoms with Gasteiger partial charge >= 0.3 is 0 Å². The number of aliphatic hydroxyl groups excluding tert-OH is 1. The molecule has 7 heteroatoms. The molecule has 4 atom stereocenters. The van der Waals surface area contributed by atoms with Gasteiger partial charge in [-0.15, -0.1) is 0 Å². The summed E-state index contributed by atoms with van der Waals surface area (Å²) >= 11 is 0. The predicted octanol–water partition coefficient (Wildman–Crippen LogP) is 1.14. The minimum absolute atomic E-state index is 0.0779. The number of rotatable bonds is 8. The minimum atomic E-state index is -1.03. The van der Waals surface area contributed by atoms with E-state index in [0.29, 0.717) is 19.4 Å². The van der Waals surface area contributed by atoms with Gasteiger partial charge in [0.1, 0.15) is 6.04 Å². The number of nitrogens with zero attached hydrogens (tertiary/aromatic N) is 1. The number of hydrogen-bond donors (Lipinski definition) is 3. The van der Waals surface area contributed by atoms with E-state index in [0.717, 1.165) is 25.7 Å². The van der Waals surface area contributed by atoms with Gasteiger partial charge in [-0.1, -0.05) is 24.3 Å². The van der Waals surface area contributed by atoms with E-state index in [9.17, 15) is 19.5 Å². The van der Waals surface area contributed by atoms with Crippen molar-refractivity contribution in [2.45, 2.75) is 69.5 Å². The standard InChI is InChI=1S/C23H33N3O4/c1-15(24-2)22(29)25-19(14-27)23(30)26-12-6-11-20(26)21(28)13-17-9-5-8-16-7-3-4-10-18(16)17/h3-4,7,10,15,17,19-20,24,27H,5-6,8-9,11-14H2,1-2H3,(H,25,29)/t15-,17-,19-,20-/m0/s1.